The summed E-state index contributed by atoms with van der Waals surface area (Å²) >= 11 is 9.90. The maximum Gasteiger partial charge on any atom is 0.254 e. The number of halogens is 1. The number of carbonyl (C=O) groups excluding carboxylic acids is 1. The second kappa shape index (κ2) is 6.68. The van der Waals surface area contributed by atoms with Crippen LogP contribution in [0.4, 0.5) is 0 Å². The summed E-state index contributed by atoms with van der Waals surface area (Å²) in [5.74, 6) is 3.34. The van der Waals surface area contributed by atoms with Crippen LogP contribution in [-0.2, 0) is 0 Å². The first-order valence-corrected chi connectivity index (χ1v) is 8.34. The number of amides is 1. The highest BCUT2D eigenvalue weighted by Crippen LogP contribution is 2.23. The average molecular weight is 303 g/mol. The maximum atomic E-state index is 12.0. The van der Waals surface area contributed by atoms with Crippen molar-refractivity contribution < 1.29 is 4.79 Å². The van der Waals surface area contributed by atoms with Crippen LogP contribution in [0.2, 0.25) is 5.02 Å². The molecule has 0 radical (unpaired) electrons. The molecule has 1 atom stereocenters. The summed E-state index contributed by atoms with van der Waals surface area (Å²) < 4.78 is 0. The predicted molar refractivity (Wildman–Crippen MR) is 79.9 cm³/mol. The molecule has 0 spiro atoms. The topological polar surface area (TPSA) is 42.0 Å². The molecule has 1 aromatic heterocycles. The molecule has 98 valence electrons. The normalized spacial score (nSPS) is 19.6. The molecule has 1 N–H and O–H groups in total. The van der Waals surface area contributed by atoms with Gasteiger partial charge in [0.05, 0.1) is 10.6 Å². The van der Waals surface area contributed by atoms with E-state index in [0.29, 0.717) is 22.4 Å². The average Bonchev–Trinajstić information content (AvgIpc) is 2.37. The summed E-state index contributed by atoms with van der Waals surface area (Å²) in [6, 6.07) is 1.71. The van der Waals surface area contributed by atoms with Crippen LogP contribution in [0.25, 0.3) is 0 Å². The minimum atomic E-state index is -0.135. The van der Waals surface area contributed by atoms with Gasteiger partial charge in [0.2, 0.25) is 0 Å². The minimum absolute atomic E-state index is 0.135. The molecule has 3 nitrogen and oxygen atoms in total. The zero-order valence-electron chi connectivity index (χ0n) is 10.1. The molecule has 0 bridgehead atoms. The summed E-state index contributed by atoms with van der Waals surface area (Å²) in [5.41, 5.74) is 1.27. The number of thioether (sulfide) groups is 2. The minimum Gasteiger partial charge on any atom is -0.351 e. The fraction of sp³-hybridized carbons (Fsp3) is 0.500. The van der Waals surface area contributed by atoms with Gasteiger partial charge in [0.25, 0.3) is 5.91 Å². The van der Waals surface area contributed by atoms with Crippen molar-refractivity contribution in [2.75, 3.05) is 23.8 Å². The van der Waals surface area contributed by atoms with Gasteiger partial charge in [0, 0.05) is 40.9 Å². The quantitative estimate of drug-likeness (QED) is 0.932. The van der Waals surface area contributed by atoms with Gasteiger partial charge in [-0.15, -0.1) is 0 Å². The molecule has 1 saturated heterocycles. The number of nitrogens with one attached hydrogen (secondary N) is 1. The number of carbonyl (C=O) groups is 1. The lowest BCUT2D eigenvalue weighted by molar-refractivity contribution is 0.0954. The maximum absolute atomic E-state index is 12.0. The molecule has 1 aromatic rings. The van der Waals surface area contributed by atoms with Crippen LogP contribution in [0.1, 0.15) is 16.1 Å². The molecule has 18 heavy (non-hydrogen) atoms. The lowest BCUT2D eigenvalue weighted by atomic mass is 10.2. The van der Waals surface area contributed by atoms with Crippen LogP contribution >= 0.6 is 35.1 Å². The van der Waals surface area contributed by atoms with Gasteiger partial charge in [-0.3, -0.25) is 9.78 Å². The summed E-state index contributed by atoms with van der Waals surface area (Å²) in [5, 5.41) is 3.90. The van der Waals surface area contributed by atoms with E-state index in [1.54, 1.807) is 6.07 Å². The molecule has 1 fully saturated rings. The number of nitrogens with zero attached hydrogens (tertiary/aromatic N) is 1. The van der Waals surface area contributed by atoms with E-state index in [0.717, 1.165) is 17.2 Å². The lowest BCUT2D eigenvalue weighted by Crippen LogP contribution is -2.33. The van der Waals surface area contributed by atoms with Gasteiger partial charge in [0.1, 0.15) is 0 Å². The largest absolute Gasteiger partial charge is 0.351 e. The van der Waals surface area contributed by atoms with Crippen molar-refractivity contribution in [3.63, 3.8) is 0 Å². The van der Waals surface area contributed by atoms with Crippen LogP contribution in [0.15, 0.2) is 12.3 Å². The first-order valence-electron chi connectivity index (χ1n) is 5.76. The van der Waals surface area contributed by atoms with Crippen molar-refractivity contribution in [3.05, 3.63) is 28.5 Å². The van der Waals surface area contributed by atoms with Gasteiger partial charge >= 0.3 is 0 Å². The fourth-order valence-corrected chi connectivity index (χ4v) is 4.55. The number of pyridine rings is 1. The van der Waals surface area contributed by atoms with Crippen LogP contribution < -0.4 is 5.32 Å². The zero-order chi connectivity index (χ0) is 13.0. The number of rotatable bonds is 3. The van der Waals surface area contributed by atoms with Gasteiger partial charge in [-0.2, -0.15) is 23.5 Å². The Kier molecular flexibility index (Phi) is 5.21. The molecule has 0 saturated carbocycles. The highest BCUT2D eigenvalue weighted by Gasteiger charge is 2.17. The first kappa shape index (κ1) is 14.0. The molecule has 1 amide bonds. The first-order chi connectivity index (χ1) is 8.66. The Balaban J connectivity index is 1.90. The highest BCUT2D eigenvalue weighted by molar-refractivity contribution is 8.06. The third-order valence-corrected chi connectivity index (χ3v) is 5.77. The molecule has 1 aliphatic rings. The van der Waals surface area contributed by atoms with E-state index in [4.69, 9.17) is 11.6 Å². The van der Waals surface area contributed by atoms with Crippen molar-refractivity contribution >= 4 is 41.0 Å². The second-order valence-corrected chi connectivity index (χ2v) is 7.05. The summed E-state index contributed by atoms with van der Waals surface area (Å²) in [6.45, 7) is 2.55. The van der Waals surface area contributed by atoms with Crippen LogP contribution in [0.3, 0.4) is 0 Å². The molecular formula is C12H15ClN2OS2. The third-order valence-electron chi connectivity index (χ3n) is 2.61. The molecule has 1 aliphatic heterocycles. The summed E-state index contributed by atoms with van der Waals surface area (Å²) in [6.07, 6.45) is 1.54. The summed E-state index contributed by atoms with van der Waals surface area (Å²) in [4.78, 5) is 16.1. The van der Waals surface area contributed by atoms with E-state index in [2.05, 4.69) is 10.3 Å². The fourth-order valence-electron chi connectivity index (χ4n) is 1.65. The smallest absolute Gasteiger partial charge is 0.254 e. The monoisotopic (exact) mass is 302 g/mol. The Labute approximate surface area is 120 Å². The van der Waals surface area contributed by atoms with Gasteiger partial charge < -0.3 is 5.32 Å². The predicted octanol–water partition coefficient (Wildman–Crippen LogP) is 2.62. The number of hydrogen-bond acceptors (Lipinski definition) is 4. The van der Waals surface area contributed by atoms with E-state index in [-0.39, 0.29) is 5.91 Å². The molecule has 1 unspecified atom stereocenters. The standard InChI is InChI=1S/C12H15ClN2OS2/c1-8-4-11(13)10(6-14-8)12(16)15-5-9-7-17-2-3-18-9/h4,6,9H,2-3,5,7H2,1H3,(H,15,16). The molecule has 6 heteroatoms. The van der Waals surface area contributed by atoms with Crippen molar-refractivity contribution in [2.24, 2.45) is 0 Å². The van der Waals surface area contributed by atoms with Gasteiger partial charge in [0.15, 0.2) is 0 Å². The van der Waals surface area contributed by atoms with Crippen molar-refractivity contribution in [3.8, 4) is 0 Å². The van der Waals surface area contributed by atoms with Crippen molar-refractivity contribution in [2.45, 2.75) is 12.2 Å². The number of aromatic nitrogens is 1. The molecule has 2 heterocycles. The lowest BCUT2D eigenvalue weighted by Gasteiger charge is -2.21. The molecule has 2 rings (SSSR count). The molecule has 0 aliphatic carbocycles. The van der Waals surface area contributed by atoms with Crippen molar-refractivity contribution in [1.82, 2.24) is 10.3 Å². The van der Waals surface area contributed by atoms with Crippen LogP contribution in [0.5, 0.6) is 0 Å². The van der Waals surface area contributed by atoms with Gasteiger partial charge in [-0.25, -0.2) is 0 Å². The Bertz CT molecular complexity index is 436. The third kappa shape index (κ3) is 3.80. The number of hydrogen-bond donors (Lipinski definition) is 1. The summed E-state index contributed by atoms with van der Waals surface area (Å²) in [7, 11) is 0. The highest BCUT2D eigenvalue weighted by atomic mass is 35.5. The SMILES string of the molecule is Cc1cc(Cl)c(C(=O)NCC2CSCCS2)cn1. The van der Waals surface area contributed by atoms with Crippen molar-refractivity contribution in [1.29, 1.82) is 0 Å². The zero-order valence-corrected chi connectivity index (χ0v) is 12.5. The Hall–Kier alpha value is -0.390. The Morgan fingerprint density at radius 1 is 1.61 bits per heavy atom. The van der Waals surface area contributed by atoms with E-state index >= 15 is 0 Å². The van der Waals surface area contributed by atoms with Crippen LogP contribution in [0, 0.1) is 6.92 Å². The Morgan fingerprint density at radius 3 is 3.11 bits per heavy atom. The van der Waals surface area contributed by atoms with Gasteiger partial charge in [-0.05, 0) is 13.0 Å². The van der Waals surface area contributed by atoms with E-state index in [1.807, 2.05) is 30.4 Å². The number of aryl methyl sites for hydroxylation is 1. The Morgan fingerprint density at radius 2 is 2.44 bits per heavy atom. The van der Waals surface area contributed by atoms with Gasteiger partial charge in [-0.1, -0.05) is 11.6 Å². The molecular weight excluding hydrogens is 288 g/mol. The molecule has 0 aromatic carbocycles. The van der Waals surface area contributed by atoms with E-state index in [9.17, 15) is 4.79 Å². The van der Waals surface area contributed by atoms with Crippen LogP contribution in [-0.4, -0.2) is 39.9 Å². The van der Waals surface area contributed by atoms with E-state index < -0.39 is 0 Å². The second-order valence-electron chi connectivity index (χ2n) is 4.08. The van der Waals surface area contributed by atoms with E-state index in [1.165, 1.54) is 11.9 Å².